The van der Waals surface area contributed by atoms with Crippen LogP contribution < -0.4 is 0 Å². The summed E-state index contributed by atoms with van der Waals surface area (Å²) in [5, 5.41) is 0. The lowest BCUT2D eigenvalue weighted by Crippen LogP contribution is -2.59. The van der Waals surface area contributed by atoms with E-state index in [9.17, 15) is 4.79 Å². The van der Waals surface area contributed by atoms with Crippen LogP contribution in [0.1, 0.15) is 27.2 Å². The molecule has 0 radical (unpaired) electrons. The van der Waals surface area contributed by atoms with Crippen molar-refractivity contribution in [1.29, 1.82) is 0 Å². The van der Waals surface area contributed by atoms with Gasteiger partial charge >= 0.3 is 0 Å². The molecular weight excluding hydrogens is 262 g/mol. The van der Waals surface area contributed by atoms with Crippen LogP contribution >= 0.6 is 11.8 Å². The number of morpholine rings is 1. The predicted octanol–water partition coefficient (Wildman–Crippen LogP) is 1.78. The Labute approximate surface area is 120 Å². The Morgan fingerprint density at radius 2 is 2.26 bits per heavy atom. The maximum Gasteiger partial charge on any atom is 0.229 e. The van der Waals surface area contributed by atoms with Crippen LogP contribution in [0.5, 0.6) is 0 Å². The molecule has 0 aromatic carbocycles. The van der Waals surface area contributed by atoms with Crippen molar-refractivity contribution in [2.45, 2.75) is 38.9 Å². The fourth-order valence-electron chi connectivity index (χ4n) is 3.04. The van der Waals surface area contributed by atoms with Crippen molar-refractivity contribution < 1.29 is 14.3 Å². The van der Waals surface area contributed by atoms with E-state index in [1.165, 1.54) is 0 Å². The van der Waals surface area contributed by atoms with Gasteiger partial charge in [-0.25, -0.2) is 0 Å². The summed E-state index contributed by atoms with van der Waals surface area (Å²) in [6.07, 6.45) is 3.03. The second kappa shape index (κ2) is 5.62. The summed E-state index contributed by atoms with van der Waals surface area (Å²) < 4.78 is 11.5. The van der Waals surface area contributed by atoms with Gasteiger partial charge in [-0.15, -0.1) is 0 Å². The minimum atomic E-state index is -0.308. The van der Waals surface area contributed by atoms with Crippen LogP contribution in [-0.2, 0) is 14.3 Å². The van der Waals surface area contributed by atoms with Crippen molar-refractivity contribution in [2.75, 3.05) is 38.3 Å². The topological polar surface area (TPSA) is 38.8 Å². The highest BCUT2D eigenvalue weighted by Gasteiger charge is 2.46. The number of carbonyl (C=O) groups is 1. The summed E-state index contributed by atoms with van der Waals surface area (Å²) in [6, 6.07) is 0. The Kier molecular flexibility index (Phi) is 4.48. The highest BCUT2D eigenvalue weighted by molar-refractivity contribution is 7.98. The largest absolute Gasteiger partial charge is 0.378 e. The molecule has 2 fully saturated rings. The van der Waals surface area contributed by atoms with Gasteiger partial charge in [-0.2, -0.15) is 11.8 Å². The molecule has 0 aliphatic carbocycles. The van der Waals surface area contributed by atoms with Crippen molar-refractivity contribution in [3.8, 4) is 0 Å². The Hall–Kier alpha value is -0.260. The maximum atomic E-state index is 12.7. The first kappa shape index (κ1) is 15.1. The van der Waals surface area contributed by atoms with E-state index in [0.717, 1.165) is 18.8 Å². The van der Waals surface area contributed by atoms with Gasteiger partial charge in [-0.1, -0.05) is 13.8 Å². The van der Waals surface area contributed by atoms with E-state index in [1.54, 1.807) is 11.8 Å². The summed E-state index contributed by atoms with van der Waals surface area (Å²) >= 11 is 1.72. The van der Waals surface area contributed by atoms with Crippen molar-refractivity contribution >= 4 is 17.7 Å². The molecule has 2 rings (SSSR count). The molecular formula is C14H25NO3S. The molecule has 0 aromatic rings. The van der Waals surface area contributed by atoms with Gasteiger partial charge in [0.1, 0.15) is 5.60 Å². The highest BCUT2D eigenvalue weighted by Crippen LogP contribution is 2.32. The minimum Gasteiger partial charge on any atom is -0.378 e. The molecule has 0 N–H and O–H groups in total. The molecule has 2 heterocycles. The van der Waals surface area contributed by atoms with E-state index < -0.39 is 0 Å². The molecule has 0 aromatic heterocycles. The molecule has 2 aliphatic rings. The molecule has 2 unspecified atom stereocenters. The Balaban J connectivity index is 2.09. The quantitative estimate of drug-likeness (QED) is 0.793. The lowest BCUT2D eigenvalue weighted by atomic mass is 9.91. The smallest absolute Gasteiger partial charge is 0.229 e. The highest BCUT2D eigenvalue weighted by atomic mass is 32.2. The standard InChI is InChI=1S/C14H25NO3S/c1-11-7-15(12(16)13(2,3)10-19-4)8-14(18-11)5-6-17-9-14/h11H,5-10H2,1-4H3. The summed E-state index contributed by atoms with van der Waals surface area (Å²) in [5.41, 5.74) is -0.570. The average molecular weight is 287 g/mol. The SMILES string of the molecule is CSCC(C)(C)C(=O)N1CC(C)OC2(CCOC2)C1. The molecule has 19 heavy (non-hydrogen) atoms. The van der Waals surface area contributed by atoms with Crippen molar-refractivity contribution in [3.05, 3.63) is 0 Å². The summed E-state index contributed by atoms with van der Waals surface area (Å²) in [4.78, 5) is 14.7. The molecule has 2 saturated heterocycles. The zero-order chi connectivity index (χ0) is 14.1. The van der Waals surface area contributed by atoms with Crippen molar-refractivity contribution in [1.82, 2.24) is 4.90 Å². The van der Waals surface area contributed by atoms with Gasteiger partial charge < -0.3 is 14.4 Å². The van der Waals surface area contributed by atoms with Gasteiger partial charge in [0.05, 0.1) is 24.7 Å². The Bertz CT molecular complexity index is 340. The molecule has 1 spiro atoms. The van der Waals surface area contributed by atoms with Crippen LogP contribution in [0.3, 0.4) is 0 Å². The van der Waals surface area contributed by atoms with Crippen LogP contribution in [0, 0.1) is 5.41 Å². The van der Waals surface area contributed by atoms with Gasteiger partial charge in [0.2, 0.25) is 5.91 Å². The Morgan fingerprint density at radius 1 is 1.53 bits per heavy atom. The number of ether oxygens (including phenoxy) is 2. The van der Waals surface area contributed by atoms with E-state index in [0.29, 0.717) is 19.7 Å². The first-order valence-corrected chi connectivity index (χ1v) is 8.32. The van der Waals surface area contributed by atoms with E-state index in [4.69, 9.17) is 9.47 Å². The number of nitrogens with zero attached hydrogens (tertiary/aromatic N) is 1. The molecule has 5 heteroatoms. The molecule has 1 amide bonds. The molecule has 0 bridgehead atoms. The molecule has 2 atom stereocenters. The third-order valence-electron chi connectivity index (χ3n) is 3.85. The van der Waals surface area contributed by atoms with Gasteiger partial charge in [0, 0.05) is 25.3 Å². The number of thioether (sulfide) groups is 1. The van der Waals surface area contributed by atoms with Crippen LogP contribution in [0.4, 0.5) is 0 Å². The minimum absolute atomic E-state index is 0.0875. The van der Waals surface area contributed by atoms with Crippen LogP contribution in [-0.4, -0.2) is 60.8 Å². The summed E-state index contributed by atoms with van der Waals surface area (Å²) in [5.74, 6) is 1.09. The van der Waals surface area contributed by atoms with Crippen LogP contribution in [0.15, 0.2) is 0 Å². The zero-order valence-corrected chi connectivity index (χ0v) is 13.2. The number of carbonyl (C=O) groups excluding carboxylic acids is 1. The van der Waals surface area contributed by atoms with Crippen molar-refractivity contribution in [2.24, 2.45) is 5.41 Å². The van der Waals surface area contributed by atoms with E-state index in [-0.39, 0.29) is 23.0 Å². The summed E-state index contributed by atoms with van der Waals surface area (Å²) in [7, 11) is 0. The zero-order valence-electron chi connectivity index (χ0n) is 12.4. The number of hydrogen-bond donors (Lipinski definition) is 0. The second-order valence-electron chi connectivity index (χ2n) is 6.42. The van der Waals surface area contributed by atoms with Crippen molar-refractivity contribution in [3.63, 3.8) is 0 Å². The fourth-order valence-corrected chi connectivity index (χ4v) is 3.88. The predicted molar refractivity (Wildman–Crippen MR) is 77.5 cm³/mol. The van der Waals surface area contributed by atoms with E-state index in [1.807, 2.05) is 31.9 Å². The first-order chi connectivity index (χ1) is 8.88. The maximum absolute atomic E-state index is 12.7. The molecule has 2 aliphatic heterocycles. The lowest BCUT2D eigenvalue weighted by molar-refractivity contribution is -0.171. The van der Waals surface area contributed by atoms with Gasteiger partial charge in [-0.05, 0) is 13.2 Å². The lowest BCUT2D eigenvalue weighted by Gasteiger charge is -2.45. The molecule has 110 valence electrons. The molecule has 4 nitrogen and oxygen atoms in total. The van der Waals surface area contributed by atoms with Crippen LogP contribution in [0.2, 0.25) is 0 Å². The third kappa shape index (κ3) is 3.26. The van der Waals surface area contributed by atoms with E-state index >= 15 is 0 Å². The summed E-state index contributed by atoms with van der Waals surface area (Å²) in [6.45, 7) is 8.83. The Morgan fingerprint density at radius 3 is 2.84 bits per heavy atom. The van der Waals surface area contributed by atoms with Crippen LogP contribution in [0.25, 0.3) is 0 Å². The van der Waals surface area contributed by atoms with Gasteiger partial charge in [0.25, 0.3) is 0 Å². The first-order valence-electron chi connectivity index (χ1n) is 6.92. The van der Waals surface area contributed by atoms with Gasteiger partial charge in [-0.3, -0.25) is 4.79 Å². The van der Waals surface area contributed by atoms with E-state index in [2.05, 4.69) is 0 Å². The number of hydrogen-bond acceptors (Lipinski definition) is 4. The third-order valence-corrected chi connectivity index (χ3v) is 4.86. The number of rotatable bonds is 3. The monoisotopic (exact) mass is 287 g/mol. The average Bonchev–Trinajstić information content (AvgIpc) is 2.74. The number of amides is 1. The normalized spacial score (nSPS) is 32.0. The second-order valence-corrected chi connectivity index (χ2v) is 7.28. The fraction of sp³-hybridized carbons (Fsp3) is 0.929. The van der Waals surface area contributed by atoms with Gasteiger partial charge in [0.15, 0.2) is 0 Å². The molecule has 0 saturated carbocycles.